The minimum absolute atomic E-state index is 0.0614. The first kappa shape index (κ1) is 31.4. The highest BCUT2D eigenvalue weighted by Gasteiger charge is 2.38. The third kappa shape index (κ3) is 9.49. The first-order valence-corrected chi connectivity index (χ1v) is 16.0. The second kappa shape index (κ2) is 13.8. The highest BCUT2D eigenvalue weighted by molar-refractivity contribution is 6.74. The van der Waals surface area contributed by atoms with E-state index in [0.717, 1.165) is 11.1 Å². The van der Waals surface area contributed by atoms with E-state index in [1.54, 1.807) is 0 Å². The number of carbonyl (C=O) groups excluding carboxylic acids is 1. The average Bonchev–Trinajstić information content (AvgIpc) is 2.86. The van der Waals surface area contributed by atoms with Crippen LogP contribution in [0, 0.1) is 22.0 Å². The Bertz CT molecular complexity index is 1060. The van der Waals surface area contributed by atoms with E-state index in [4.69, 9.17) is 13.9 Å². The fourth-order valence-corrected chi connectivity index (χ4v) is 4.57. The van der Waals surface area contributed by atoms with Crippen LogP contribution in [0.1, 0.15) is 57.0 Å². The molecule has 208 valence electrons. The molecule has 0 radical (unpaired) electrons. The molecule has 0 heterocycles. The summed E-state index contributed by atoms with van der Waals surface area (Å²) in [6, 6.07) is 15.4. The molecule has 0 saturated heterocycles. The molecule has 2 aromatic rings. The molecule has 0 fully saturated rings. The van der Waals surface area contributed by atoms with Gasteiger partial charge in [0.2, 0.25) is 0 Å². The Morgan fingerprint density at radius 2 is 1.63 bits per heavy atom. The summed E-state index contributed by atoms with van der Waals surface area (Å²) in [5, 5.41) is 11.0. The van der Waals surface area contributed by atoms with Crippen LogP contribution in [0.15, 0.2) is 66.7 Å². The number of carbonyl (C=O) groups is 1. The van der Waals surface area contributed by atoms with Crippen molar-refractivity contribution in [2.75, 3.05) is 13.2 Å². The van der Waals surface area contributed by atoms with Crippen LogP contribution in [0.5, 0.6) is 0 Å². The van der Waals surface area contributed by atoms with Gasteiger partial charge in [-0.25, -0.2) is 4.79 Å². The number of nitrogens with zero attached hydrogens (tertiary/aromatic N) is 1. The quantitative estimate of drug-likeness (QED) is 0.0805. The van der Waals surface area contributed by atoms with Crippen LogP contribution in [-0.4, -0.2) is 38.5 Å². The molecule has 0 aromatic heterocycles. The Morgan fingerprint density at radius 3 is 2.18 bits per heavy atom. The molecule has 0 unspecified atom stereocenters. The Balaban J connectivity index is 2.09. The zero-order valence-electron chi connectivity index (χ0n) is 23.9. The summed E-state index contributed by atoms with van der Waals surface area (Å²) < 4.78 is 18.3. The van der Waals surface area contributed by atoms with Gasteiger partial charge in [-0.3, -0.25) is 10.1 Å². The van der Waals surface area contributed by atoms with Crippen molar-refractivity contribution in [1.29, 1.82) is 0 Å². The van der Waals surface area contributed by atoms with Gasteiger partial charge in [-0.1, -0.05) is 77.1 Å². The van der Waals surface area contributed by atoms with Gasteiger partial charge in [0, 0.05) is 37.0 Å². The molecular formula is C30H43NO6Si. The van der Waals surface area contributed by atoms with E-state index in [-0.39, 0.29) is 28.1 Å². The summed E-state index contributed by atoms with van der Waals surface area (Å²) in [7, 11) is -1.99. The van der Waals surface area contributed by atoms with Crippen LogP contribution >= 0.6 is 0 Å². The molecule has 3 atom stereocenters. The summed E-state index contributed by atoms with van der Waals surface area (Å²) >= 11 is 0. The predicted octanol–water partition coefficient (Wildman–Crippen LogP) is 7.58. The Labute approximate surface area is 228 Å². The van der Waals surface area contributed by atoms with E-state index >= 15 is 0 Å². The first-order chi connectivity index (χ1) is 17.7. The first-order valence-electron chi connectivity index (χ1n) is 13.1. The highest BCUT2D eigenvalue weighted by Crippen LogP contribution is 2.37. The van der Waals surface area contributed by atoms with Crippen molar-refractivity contribution in [3.63, 3.8) is 0 Å². The normalized spacial score (nSPS) is 14.4. The zero-order chi connectivity index (χ0) is 28.5. The van der Waals surface area contributed by atoms with Gasteiger partial charge in [-0.15, -0.1) is 0 Å². The average molecular weight is 542 g/mol. The number of hydrogen-bond donors (Lipinski definition) is 0. The molecule has 2 rings (SSSR count). The number of benzene rings is 2. The van der Waals surface area contributed by atoms with E-state index in [1.165, 1.54) is 24.3 Å². The minimum atomic E-state index is -1.99. The summed E-state index contributed by atoms with van der Waals surface area (Å²) in [6.07, 6.45) is 0.00269. The number of ether oxygens (including phenoxy) is 2. The van der Waals surface area contributed by atoms with E-state index in [0.29, 0.717) is 26.2 Å². The molecular weight excluding hydrogens is 498 g/mol. The molecule has 0 spiro atoms. The van der Waals surface area contributed by atoms with Crippen LogP contribution in [-0.2, 0) is 20.5 Å². The molecule has 0 saturated carbocycles. The standard InChI is InChI=1S/C30H43NO6Si/c1-22(23(2)19-35-21-25-12-10-9-11-13-25)18-28(24(3)20-36-38(7,8)30(4,5)6)37-29(32)26-14-16-27(17-15-26)31(33)34/h9-17,23-24,28H,1,18-21H2,2-8H3/t23-,24-,28-/m1/s1. The lowest BCUT2D eigenvalue weighted by molar-refractivity contribution is -0.384. The molecule has 2 aromatic carbocycles. The Hall–Kier alpha value is -2.81. The summed E-state index contributed by atoms with van der Waals surface area (Å²) in [5.74, 6) is -0.544. The number of nitro groups is 1. The van der Waals surface area contributed by atoms with Gasteiger partial charge in [0.15, 0.2) is 8.32 Å². The van der Waals surface area contributed by atoms with Crippen LogP contribution in [0.4, 0.5) is 5.69 Å². The van der Waals surface area contributed by atoms with Crippen LogP contribution in [0.3, 0.4) is 0 Å². The fraction of sp³-hybridized carbons (Fsp3) is 0.500. The third-order valence-corrected chi connectivity index (χ3v) is 11.9. The van der Waals surface area contributed by atoms with Gasteiger partial charge in [0.1, 0.15) is 6.10 Å². The van der Waals surface area contributed by atoms with Crippen molar-refractivity contribution in [2.24, 2.45) is 11.8 Å². The third-order valence-electron chi connectivity index (χ3n) is 7.36. The van der Waals surface area contributed by atoms with Gasteiger partial charge in [0.05, 0.1) is 23.7 Å². The zero-order valence-corrected chi connectivity index (χ0v) is 24.9. The lowest BCUT2D eigenvalue weighted by atomic mass is 9.92. The Morgan fingerprint density at radius 1 is 1.03 bits per heavy atom. The number of hydrogen-bond acceptors (Lipinski definition) is 6. The van der Waals surface area contributed by atoms with Crippen molar-refractivity contribution in [3.8, 4) is 0 Å². The number of rotatable bonds is 14. The number of esters is 1. The SMILES string of the molecule is C=C(C[C@@H](OC(=O)c1ccc([N+](=O)[O-])cc1)[C@H](C)CO[Si](C)(C)C(C)(C)C)[C@H](C)COCc1ccccc1. The largest absolute Gasteiger partial charge is 0.458 e. The van der Waals surface area contributed by atoms with Gasteiger partial charge < -0.3 is 13.9 Å². The number of non-ortho nitro benzene ring substituents is 1. The monoisotopic (exact) mass is 541 g/mol. The van der Waals surface area contributed by atoms with E-state index in [1.807, 2.05) is 37.3 Å². The van der Waals surface area contributed by atoms with E-state index in [2.05, 4.69) is 47.4 Å². The fourth-order valence-electron chi connectivity index (χ4n) is 3.45. The van der Waals surface area contributed by atoms with E-state index < -0.39 is 25.3 Å². The molecule has 7 nitrogen and oxygen atoms in total. The summed E-state index contributed by atoms with van der Waals surface area (Å²) in [5.41, 5.74) is 2.23. The van der Waals surface area contributed by atoms with Crippen molar-refractivity contribution < 1.29 is 23.6 Å². The van der Waals surface area contributed by atoms with Gasteiger partial charge in [-0.2, -0.15) is 0 Å². The molecule has 0 bridgehead atoms. The highest BCUT2D eigenvalue weighted by atomic mass is 28.4. The topological polar surface area (TPSA) is 87.9 Å². The molecule has 0 aliphatic rings. The van der Waals surface area contributed by atoms with Gasteiger partial charge in [-0.05, 0) is 35.8 Å². The van der Waals surface area contributed by atoms with Gasteiger partial charge in [0.25, 0.3) is 5.69 Å². The van der Waals surface area contributed by atoms with Crippen molar-refractivity contribution >= 4 is 20.0 Å². The van der Waals surface area contributed by atoms with Crippen molar-refractivity contribution in [3.05, 3.63) is 88.0 Å². The smallest absolute Gasteiger partial charge is 0.338 e. The van der Waals surface area contributed by atoms with Crippen molar-refractivity contribution in [2.45, 2.75) is 71.9 Å². The maximum Gasteiger partial charge on any atom is 0.338 e. The van der Waals surface area contributed by atoms with Crippen molar-refractivity contribution in [1.82, 2.24) is 0 Å². The molecule has 0 aliphatic heterocycles. The maximum atomic E-state index is 13.0. The lowest BCUT2D eigenvalue weighted by Crippen LogP contribution is -2.43. The second-order valence-electron chi connectivity index (χ2n) is 11.6. The molecule has 38 heavy (non-hydrogen) atoms. The maximum absolute atomic E-state index is 13.0. The second-order valence-corrected chi connectivity index (χ2v) is 16.4. The lowest BCUT2D eigenvalue weighted by Gasteiger charge is -2.38. The number of nitro benzene ring substituents is 1. The summed E-state index contributed by atoms with van der Waals surface area (Å²) in [4.78, 5) is 23.5. The van der Waals surface area contributed by atoms with Crippen LogP contribution in [0.25, 0.3) is 0 Å². The molecule has 8 heteroatoms. The van der Waals surface area contributed by atoms with Gasteiger partial charge >= 0.3 is 5.97 Å². The predicted molar refractivity (Wildman–Crippen MR) is 154 cm³/mol. The Kier molecular flexibility index (Phi) is 11.4. The summed E-state index contributed by atoms with van der Waals surface area (Å²) in [6.45, 7) is 20.8. The van der Waals surface area contributed by atoms with E-state index in [9.17, 15) is 14.9 Å². The van der Waals surface area contributed by atoms with Crippen LogP contribution < -0.4 is 0 Å². The molecule has 0 aliphatic carbocycles. The molecule has 0 N–H and O–H groups in total. The van der Waals surface area contributed by atoms with Crippen LogP contribution in [0.2, 0.25) is 18.1 Å². The minimum Gasteiger partial charge on any atom is -0.458 e. The molecule has 0 amide bonds.